The summed E-state index contributed by atoms with van der Waals surface area (Å²) >= 11 is 5.82. The van der Waals surface area contributed by atoms with Crippen molar-refractivity contribution in [2.75, 3.05) is 0 Å². The third-order valence-electron chi connectivity index (χ3n) is 1.90. The van der Waals surface area contributed by atoms with Crippen molar-refractivity contribution in [3.8, 4) is 0 Å². The average Bonchev–Trinajstić information content (AvgIpc) is 2.18. The molecule has 14 heavy (non-hydrogen) atoms. The Hall–Kier alpha value is -1.61. The molecule has 0 fully saturated rings. The van der Waals surface area contributed by atoms with Crippen LogP contribution in [0.25, 0.3) is 11.0 Å². The zero-order valence-electron chi connectivity index (χ0n) is 6.99. The number of carbonyl (C=O) groups is 1. The number of benzene rings is 1. The van der Waals surface area contributed by atoms with Gasteiger partial charge in [-0.25, -0.2) is 0 Å². The minimum atomic E-state index is -0.396. The van der Waals surface area contributed by atoms with Gasteiger partial charge in [0.05, 0.1) is 16.0 Å². The number of carbonyl (C=O) groups excluding carboxylic acids is 1. The molecule has 0 bridgehead atoms. The van der Waals surface area contributed by atoms with Crippen LogP contribution in [0.5, 0.6) is 0 Å². The molecule has 0 radical (unpaired) electrons. The Morgan fingerprint density at radius 2 is 2.14 bits per heavy atom. The molecule has 0 aliphatic rings. The highest BCUT2D eigenvalue weighted by Gasteiger charge is 2.08. The largest absolute Gasteiger partial charge is 0.463 e. The molecule has 0 aliphatic carbocycles. The highest BCUT2D eigenvalue weighted by molar-refractivity contribution is 6.35. The lowest BCUT2D eigenvalue weighted by Gasteiger charge is -1.98. The second kappa shape index (κ2) is 3.27. The Morgan fingerprint density at radius 1 is 1.36 bits per heavy atom. The number of rotatable bonds is 1. The van der Waals surface area contributed by atoms with Gasteiger partial charge in [-0.2, -0.15) is 0 Å². The Bertz CT molecular complexity index is 557. The lowest BCUT2D eigenvalue weighted by atomic mass is 10.2. The lowest BCUT2D eigenvalue weighted by molar-refractivity contribution is 0.112. The zero-order chi connectivity index (χ0) is 10.1. The molecular formula is C10H5ClO3. The van der Waals surface area contributed by atoms with E-state index < -0.39 is 5.43 Å². The molecule has 2 aromatic rings. The van der Waals surface area contributed by atoms with Gasteiger partial charge in [0.2, 0.25) is 5.43 Å². The summed E-state index contributed by atoms with van der Waals surface area (Å²) in [6.07, 6.45) is 1.59. The van der Waals surface area contributed by atoms with Crippen molar-refractivity contribution in [2.24, 2.45) is 0 Å². The zero-order valence-corrected chi connectivity index (χ0v) is 7.75. The van der Waals surface area contributed by atoms with Crippen LogP contribution in [0, 0.1) is 0 Å². The first-order valence-corrected chi connectivity index (χ1v) is 4.27. The van der Waals surface area contributed by atoms with Gasteiger partial charge < -0.3 is 4.42 Å². The van der Waals surface area contributed by atoms with Gasteiger partial charge in [0, 0.05) is 0 Å². The van der Waals surface area contributed by atoms with Gasteiger partial charge in [-0.05, 0) is 12.1 Å². The van der Waals surface area contributed by atoms with E-state index in [1.807, 2.05) is 0 Å². The van der Waals surface area contributed by atoms with E-state index in [1.165, 1.54) is 0 Å². The smallest absolute Gasteiger partial charge is 0.204 e. The van der Waals surface area contributed by atoms with Crippen molar-refractivity contribution in [3.05, 3.63) is 45.3 Å². The number of hydrogen-bond donors (Lipinski definition) is 0. The van der Waals surface area contributed by atoms with E-state index >= 15 is 0 Å². The van der Waals surface area contributed by atoms with Crippen molar-refractivity contribution in [3.63, 3.8) is 0 Å². The molecule has 1 aromatic carbocycles. The summed E-state index contributed by atoms with van der Waals surface area (Å²) in [5, 5.41) is 0.540. The van der Waals surface area contributed by atoms with Crippen molar-refractivity contribution in [2.45, 2.75) is 0 Å². The first-order chi connectivity index (χ1) is 6.74. The van der Waals surface area contributed by atoms with Gasteiger partial charge in [0.15, 0.2) is 6.29 Å². The van der Waals surface area contributed by atoms with Crippen LogP contribution in [0.2, 0.25) is 5.02 Å². The Labute approximate surface area is 83.9 Å². The molecule has 0 spiro atoms. The summed E-state index contributed by atoms with van der Waals surface area (Å²) in [4.78, 5) is 22.1. The number of hydrogen-bond acceptors (Lipinski definition) is 3. The second-order valence-corrected chi connectivity index (χ2v) is 3.16. The number of fused-ring (bicyclic) bond motifs is 1. The third kappa shape index (κ3) is 1.22. The quantitative estimate of drug-likeness (QED) is 0.676. The van der Waals surface area contributed by atoms with Crippen LogP contribution in [0.3, 0.4) is 0 Å². The monoisotopic (exact) mass is 208 g/mol. The number of halogens is 1. The molecule has 0 saturated carbocycles. The predicted octanol–water partition coefficient (Wildman–Crippen LogP) is 2.26. The Morgan fingerprint density at radius 3 is 2.86 bits per heavy atom. The third-order valence-corrected chi connectivity index (χ3v) is 2.22. The fourth-order valence-corrected chi connectivity index (χ4v) is 1.48. The van der Waals surface area contributed by atoms with Gasteiger partial charge in [0.1, 0.15) is 11.8 Å². The van der Waals surface area contributed by atoms with E-state index in [1.54, 1.807) is 18.2 Å². The van der Waals surface area contributed by atoms with Crippen LogP contribution < -0.4 is 5.43 Å². The highest BCUT2D eigenvalue weighted by Crippen LogP contribution is 2.19. The molecule has 3 nitrogen and oxygen atoms in total. The second-order valence-electron chi connectivity index (χ2n) is 2.75. The summed E-state index contributed by atoms with van der Waals surface area (Å²) < 4.78 is 5.08. The SMILES string of the molecule is O=Cc1coc2cccc(Cl)c2c1=O. The van der Waals surface area contributed by atoms with E-state index in [9.17, 15) is 9.59 Å². The summed E-state index contributed by atoms with van der Waals surface area (Å²) in [7, 11) is 0. The van der Waals surface area contributed by atoms with Crippen LogP contribution in [0.1, 0.15) is 10.4 Å². The highest BCUT2D eigenvalue weighted by atomic mass is 35.5. The maximum absolute atomic E-state index is 11.6. The fraction of sp³-hybridized carbons (Fsp3) is 0. The average molecular weight is 209 g/mol. The number of aldehydes is 1. The minimum Gasteiger partial charge on any atom is -0.463 e. The summed E-state index contributed by atoms with van der Waals surface area (Å²) in [5.74, 6) is 0. The van der Waals surface area contributed by atoms with Crippen molar-refractivity contribution in [1.82, 2.24) is 0 Å². The molecule has 0 aliphatic heterocycles. The predicted molar refractivity (Wildman–Crippen MR) is 52.9 cm³/mol. The van der Waals surface area contributed by atoms with Crippen LogP contribution >= 0.6 is 11.6 Å². The summed E-state index contributed by atoms with van der Waals surface area (Å²) in [6, 6.07) is 4.88. The van der Waals surface area contributed by atoms with E-state index in [0.29, 0.717) is 16.9 Å². The van der Waals surface area contributed by atoms with E-state index in [2.05, 4.69) is 0 Å². The van der Waals surface area contributed by atoms with Gasteiger partial charge >= 0.3 is 0 Å². The molecule has 4 heteroatoms. The summed E-state index contributed by atoms with van der Waals surface area (Å²) in [6.45, 7) is 0. The maximum atomic E-state index is 11.6. The molecule has 2 rings (SSSR count). The van der Waals surface area contributed by atoms with Gasteiger partial charge in [-0.3, -0.25) is 9.59 Å². The van der Waals surface area contributed by atoms with Crippen LogP contribution in [-0.4, -0.2) is 6.29 Å². The van der Waals surface area contributed by atoms with Crippen molar-refractivity contribution >= 4 is 28.9 Å². The van der Waals surface area contributed by atoms with Crippen LogP contribution in [0.4, 0.5) is 0 Å². The first kappa shape index (κ1) is 8.97. The molecule has 0 N–H and O–H groups in total. The normalized spacial score (nSPS) is 10.4. The Balaban J connectivity index is 3.01. The van der Waals surface area contributed by atoms with E-state index in [-0.39, 0.29) is 10.9 Å². The molecular weight excluding hydrogens is 204 g/mol. The van der Waals surface area contributed by atoms with Crippen LogP contribution in [0.15, 0.2) is 33.7 Å². The molecule has 0 unspecified atom stereocenters. The molecule has 0 amide bonds. The van der Waals surface area contributed by atoms with E-state index in [0.717, 1.165) is 6.26 Å². The van der Waals surface area contributed by atoms with Gasteiger partial charge in [-0.15, -0.1) is 0 Å². The van der Waals surface area contributed by atoms with Gasteiger partial charge in [0.25, 0.3) is 0 Å². The molecule has 1 heterocycles. The fourth-order valence-electron chi connectivity index (χ4n) is 1.23. The maximum Gasteiger partial charge on any atom is 0.204 e. The molecule has 1 aromatic heterocycles. The standard InChI is InChI=1S/C10H5ClO3/c11-7-2-1-3-8-9(7)10(13)6(4-12)5-14-8/h1-5H. The Kier molecular flexibility index (Phi) is 2.09. The van der Waals surface area contributed by atoms with Gasteiger partial charge in [-0.1, -0.05) is 17.7 Å². The van der Waals surface area contributed by atoms with Crippen LogP contribution in [-0.2, 0) is 0 Å². The molecule has 70 valence electrons. The van der Waals surface area contributed by atoms with Crippen molar-refractivity contribution < 1.29 is 9.21 Å². The molecule has 0 atom stereocenters. The summed E-state index contributed by atoms with van der Waals surface area (Å²) in [5.41, 5.74) is -0.0365. The van der Waals surface area contributed by atoms with E-state index in [4.69, 9.17) is 16.0 Å². The molecule has 0 saturated heterocycles. The topological polar surface area (TPSA) is 47.3 Å². The minimum absolute atomic E-state index is 0.0226. The first-order valence-electron chi connectivity index (χ1n) is 3.89. The lowest BCUT2D eigenvalue weighted by Crippen LogP contribution is -2.07. The van der Waals surface area contributed by atoms with Crippen molar-refractivity contribution in [1.29, 1.82) is 0 Å².